The second-order valence-electron chi connectivity index (χ2n) is 4.90. The molecule has 0 saturated heterocycles. The lowest BCUT2D eigenvalue weighted by molar-refractivity contribution is -0.141. The number of hydrogen-bond donors (Lipinski definition) is 2. The van der Waals surface area contributed by atoms with E-state index in [1.807, 2.05) is 0 Å². The molecule has 0 unspecified atom stereocenters. The van der Waals surface area contributed by atoms with Gasteiger partial charge in [0.25, 0.3) is 0 Å². The zero-order chi connectivity index (χ0) is 18.9. The molecule has 132 valence electrons. The van der Waals surface area contributed by atoms with E-state index in [2.05, 4.69) is 13.2 Å². The van der Waals surface area contributed by atoms with E-state index in [-0.39, 0.29) is 37.2 Å². The van der Waals surface area contributed by atoms with Crippen LogP contribution in [0.5, 0.6) is 0 Å². The molecule has 0 fully saturated rings. The molecule has 8 nitrogen and oxygen atoms in total. The fraction of sp³-hybridized carbons (Fsp3) is 0.375. The highest BCUT2D eigenvalue weighted by Gasteiger charge is 2.21. The first-order valence-electron chi connectivity index (χ1n) is 6.91. The Morgan fingerprint density at radius 1 is 0.750 bits per heavy atom. The maximum Gasteiger partial charge on any atom is 0.333 e. The van der Waals surface area contributed by atoms with Crippen LogP contribution in [0.25, 0.3) is 0 Å². The van der Waals surface area contributed by atoms with Crippen LogP contribution in [0.2, 0.25) is 0 Å². The Morgan fingerprint density at radius 3 is 1.25 bits per heavy atom. The van der Waals surface area contributed by atoms with E-state index >= 15 is 0 Å². The molecule has 8 heteroatoms. The number of hydrogen-bond acceptors (Lipinski definition) is 6. The van der Waals surface area contributed by atoms with Gasteiger partial charge in [-0.2, -0.15) is 0 Å². The summed E-state index contributed by atoms with van der Waals surface area (Å²) in [6.07, 6.45) is -0.602. The lowest BCUT2D eigenvalue weighted by Gasteiger charge is -2.10. The SMILES string of the molecule is C=C(C)C(=O)OCCC(C(=O)O)=C(CCOC(=O)C(=C)C)C(=O)O. The number of rotatable bonds is 10. The summed E-state index contributed by atoms with van der Waals surface area (Å²) in [6, 6.07) is 0. The van der Waals surface area contributed by atoms with Gasteiger partial charge in [0.1, 0.15) is 0 Å². The molecule has 2 N–H and O–H groups in total. The molecule has 0 aromatic heterocycles. The second kappa shape index (κ2) is 9.98. The number of aliphatic carboxylic acids is 2. The van der Waals surface area contributed by atoms with Gasteiger partial charge in [0.2, 0.25) is 0 Å². The van der Waals surface area contributed by atoms with Crippen molar-refractivity contribution in [2.24, 2.45) is 0 Å². The number of carboxylic acids is 2. The largest absolute Gasteiger partial charge is 0.478 e. The van der Waals surface area contributed by atoms with Crippen LogP contribution in [0.4, 0.5) is 0 Å². The molecule has 0 atom stereocenters. The Balaban J connectivity index is 5.02. The first kappa shape index (κ1) is 21.1. The summed E-state index contributed by atoms with van der Waals surface area (Å²) in [5.74, 6) is -4.31. The van der Waals surface area contributed by atoms with E-state index in [0.29, 0.717) is 0 Å². The van der Waals surface area contributed by atoms with E-state index in [1.165, 1.54) is 13.8 Å². The summed E-state index contributed by atoms with van der Waals surface area (Å²) >= 11 is 0. The van der Waals surface area contributed by atoms with E-state index in [4.69, 9.17) is 19.7 Å². The number of carbonyl (C=O) groups is 4. The van der Waals surface area contributed by atoms with Gasteiger partial charge in [-0.3, -0.25) is 0 Å². The zero-order valence-electron chi connectivity index (χ0n) is 13.6. The number of ether oxygens (including phenoxy) is 2. The standard InChI is InChI=1S/C16H20O8/c1-9(2)15(21)23-7-5-11(13(17)18)12(14(19)20)6-8-24-16(22)10(3)4/h1,3,5-8H2,2,4H3,(H,17,18)(H,19,20). The van der Waals surface area contributed by atoms with Gasteiger partial charge in [0.05, 0.1) is 24.4 Å². The predicted octanol–water partition coefficient (Wildman–Crippen LogP) is 1.47. The first-order valence-corrected chi connectivity index (χ1v) is 6.91. The van der Waals surface area contributed by atoms with Crippen molar-refractivity contribution in [1.82, 2.24) is 0 Å². The van der Waals surface area contributed by atoms with Crippen molar-refractivity contribution in [1.29, 1.82) is 0 Å². The molecule has 0 aromatic carbocycles. The average molecular weight is 340 g/mol. The van der Waals surface area contributed by atoms with Gasteiger partial charge in [-0.1, -0.05) is 13.2 Å². The molecule has 0 saturated carbocycles. The molecule has 0 rings (SSSR count). The Bertz CT molecular complexity index is 545. The summed E-state index contributed by atoms with van der Waals surface area (Å²) in [5.41, 5.74) is -0.575. The molecule has 0 bridgehead atoms. The van der Waals surface area contributed by atoms with Crippen LogP contribution < -0.4 is 0 Å². The summed E-state index contributed by atoms with van der Waals surface area (Å²) < 4.78 is 9.52. The van der Waals surface area contributed by atoms with Gasteiger partial charge >= 0.3 is 23.9 Å². The molecule has 0 aromatic rings. The van der Waals surface area contributed by atoms with Crippen molar-refractivity contribution in [3.63, 3.8) is 0 Å². The van der Waals surface area contributed by atoms with Crippen molar-refractivity contribution in [2.75, 3.05) is 13.2 Å². The van der Waals surface area contributed by atoms with Crippen LogP contribution in [0, 0.1) is 0 Å². The molecule has 0 aliphatic carbocycles. The Morgan fingerprint density at radius 2 is 1.04 bits per heavy atom. The summed E-state index contributed by atoms with van der Waals surface area (Å²) in [5, 5.41) is 18.3. The van der Waals surface area contributed by atoms with Crippen molar-refractivity contribution in [3.05, 3.63) is 35.5 Å². The third-order valence-electron chi connectivity index (χ3n) is 2.75. The van der Waals surface area contributed by atoms with Gasteiger partial charge < -0.3 is 19.7 Å². The Labute approximate surface area is 139 Å². The predicted molar refractivity (Wildman–Crippen MR) is 83.1 cm³/mol. The molecule has 0 aliphatic heterocycles. The third kappa shape index (κ3) is 7.39. The highest BCUT2D eigenvalue weighted by atomic mass is 16.5. The van der Waals surface area contributed by atoms with Crippen LogP contribution in [0.1, 0.15) is 26.7 Å². The minimum absolute atomic E-state index is 0.140. The number of carbonyl (C=O) groups excluding carboxylic acids is 2. The molecule has 0 aliphatic rings. The number of carboxylic acid groups (broad SMARTS) is 2. The minimum atomic E-state index is -1.45. The molecule has 0 heterocycles. The van der Waals surface area contributed by atoms with Crippen molar-refractivity contribution >= 4 is 23.9 Å². The van der Waals surface area contributed by atoms with Crippen molar-refractivity contribution in [3.8, 4) is 0 Å². The highest BCUT2D eigenvalue weighted by Crippen LogP contribution is 2.15. The molecule has 0 spiro atoms. The third-order valence-corrected chi connectivity index (χ3v) is 2.75. The van der Waals surface area contributed by atoms with Crippen LogP contribution in [-0.4, -0.2) is 47.3 Å². The Hall–Kier alpha value is -2.90. The van der Waals surface area contributed by atoms with Crippen molar-refractivity contribution in [2.45, 2.75) is 26.7 Å². The van der Waals surface area contributed by atoms with Gasteiger partial charge in [-0.15, -0.1) is 0 Å². The molecular weight excluding hydrogens is 320 g/mol. The zero-order valence-corrected chi connectivity index (χ0v) is 13.6. The summed E-state index contributed by atoms with van der Waals surface area (Å²) in [7, 11) is 0. The van der Waals surface area contributed by atoms with Crippen molar-refractivity contribution < 1.29 is 38.9 Å². The normalized spacial score (nSPS) is 11.1. The van der Waals surface area contributed by atoms with Gasteiger partial charge in [-0.05, 0) is 13.8 Å². The van der Waals surface area contributed by atoms with E-state index in [0.717, 1.165) is 0 Å². The van der Waals surface area contributed by atoms with E-state index in [9.17, 15) is 19.2 Å². The number of esters is 2. The fourth-order valence-electron chi connectivity index (χ4n) is 1.51. The van der Waals surface area contributed by atoms with Crippen LogP contribution in [-0.2, 0) is 28.7 Å². The van der Waals surface area contributed by atoms with Gasteiger partial charge in [0.15, 0.2) is 0 Å². The van der Waals surface area contributed by atoms with Crippen LogP contribution in [0.3, 0.4) is 0 Å². The molecular formula is C16H20O8. The maximum atomic E-state index is 11.3. The average Bonchev–Trinajstić information content (AvgIpc) is 2.47. The Kier molecular flexibility index (Phi) is 8.78. The highest BCUT2D eigenvalue weighted by molar-refractivity contribution is 5.99. The lowest BCUT2D eigenvalue weighted by atomic mass is 10.0. The van der Waals surface area contributed by atoms with E-state index < -0.39 is 35.0 Å². The van der Waals surface area contributed by atoms with Gasteiger partial charge in [-0.25, -0.2) is 19.2 Å². The second-order valence-corrected chi connectivity index (χ2v) is 4.90. The fourth-order valence-corrected chi connectivity index (χ4v) is 1.51. The smallest absolute Gasteiger partial charge is 0.333 e. The molecule has 0 amide bonds. The van der Waals surface area contributed by atoms with Gasteiger partial charge in [0, 0.05) is 24.0 Å². The summed E-state index contributed by atoms with van der Waals surface area (Å²) in [6.45, 7) is 8.97. The monoisotopic (exact) mass is 340 g/mol. The maximum absolute atomic E-state index is 11.3. The minimum Gasteiger partial charge on any atom is -0.478 e. The van der Waals surface area contributed by atoms with Crippen LogP contribution in [0.15, 0.2) is 35.5 Å². The first-order chi connectivity index (χ1) is 11.1. The summed E-state index contributed by atoms with van der Waals surface area (Å²) in [4.78, 5) is 45.0. The topological polar surface area (TPSA) is 127 Å². The molecule has 0 radical (unpaired) electrons. The van der Waals surface area contributed by atoms with Crippen LogP contribution >= 0.6 is 0 Å². The lowest BCUT2D eigenvalue weighted by Crippen LogP contribution is -2.17. The van der Waals surface area contributed by atoms with E-state index in [1.54, 1.807) is 0 Å². The molecule has 24 heavy (non-hydrogen) atoms. The quantitative estimate of drug-likeness (QED) is 0.452.